The van der Waals surface area contributed by atoms with Crippen molar-refractivity contribution in [2.75, 3.05) is 7.11 Å². The lowest BCUT2D eigenvalue weighted by atomic mass is 10.2. The van der Waals surface area contributed by atoms with Crippen LogP contribution in [0.1, 0.15) is 5.69 Å². The van der Waals surface area contributed by atoms with E-state index in [1.165, 1.54) is 14.0 Å². The van der Waals surface area contributed by atoms with Gasteiger partial charge in [-0.05, 0) is 6.92 Å². The predicted octanol–water partition coefficient (Wildman–Crippen LogP) is 0.774. The van der Waals surface area contributed by atoms with Crippen molar-refractivity contribution in [3.05, 3.63) is 28.2 Å². The maximum absolute atomic E-state index is 13.6. The van der Waals surface area contributed by atoms with Gasteiger partial charge in [0.15, 0.2) is 5.82 Å². The smallest absolute Gasteiger partial charge is 0.264 e. The van der Waals surface area contributed by atoms with Crippen LogP contribution in [0.4, 0.5) is 4.39 Å². The van der Waals surface area contributed by atoms with E-state index >= 15 is 0 Å². The molecule has 0 aliphatic rings. The zero-order valence-corrected chi connectivity index (χ0v) is 8.17. The van der Waals surface area contributed by atoms with Crippen molar-refractivity contribution in [1.82, 2.24) is 15.0 Å². The molecule has 0 aromatic carbocycles. The average Bonchev–Trinajstić information content (AvgIpc) is 2.23. The Morgan fingerprint density at radius 3 is 2.93 bits per heavy atom. The summed E-state index contributed by atoms with van der Waals surface area (Å²) in [6, 6.07) is 0. The van der Waals surface area contributed by atoms with Crippen LogP contribution in [-0.4, -0.2) is 22.1 Å². The van der Waals surface area contributed by atoms with Crippen molar-refractivity contribution in [2.45, 2.75) is 6.92 Å². The Hall–Kier alpha value is -1.98. The summed E-state index contributed by atoms with van der Waals surface area (Å²) in [6.07, 6.45) is 1.15. The zero-order chi connectivity index (χ0) is 11.0. The number of rotatable bonds is 1. The fourth-order valence-electron chi connectivity index (χ4n) is 1.34. The fraction of sp³-hybridized carbons (Fsp3) is 0.222. The van der Waals surface area contributed by atoms with Gasteiger partial charge in [0.2, 0.25) is 5.88 Å². The minimum absolute atomic E-state index is 0.0249. The third-order valence-electron chi connectivity index (χ3n) is 2.06. The molecule has 6 heteroatoms. The second kappa shape index (κ2) is 3.30. The number of ether oxygens (including phenoxy) is 1. The number of fused-ring (bicyclic) bond motifs is 1. The van der Waals surface area contributed by atoms with Gasteiger partial charge in [0.05, 0.1) is 19.1 Å². The van der Waals surface area contributed by atoms with Gasteiger partial charge >= 0.3 is 0 Å². The summed E-state index contributed by atoms with van der Waals surface area (Å²) < 4.78 is 18.5. The van der Waals surface area contributed by atoms with Gasteiger partial charge in [-0.1, -0.05) is 0 Å². The molecular weight excluding hydrogens is 201 g/mol. The van der Waals surface area contributed by atoms with Crippen LogP contribution in [0.15, 0.2) is 11.1 Å². The molecule has 0 unspecified atom stereocenters. The van der Waals surface area contributed by atoms with Gasteiger partial charge in [0.1, 0.15) is 10.9 Å². The molecule has 0 saturated heterocycles. The number of aryl methyl sites for hydroxylation is 1. The van der Waals surface area contributed by atoms with Crippen molar-refractivity contribution in [1.29, 1.82) is 0 Å². The Labute approximate surface area is 83.9 Å². The molecule has 1 N–H and O–H groups in total. The van der Waals surface area contributed by atoms with E-state index in [9.17, 15) is 9.18 Å². The molecular formula is C9H8FN3O2. The van der Waals surface area contributed by atoms with E-state index in [0.717, 1.165) is 6.33 Å². The second-order valence-electron chi connectivity index (χ2n) is 2.98. The lowest BCUT2D eigenvalue weighted by Gasteiger charge is -2.05. The SMILES string of the molecule is COc1nc(C)c(F)c2nc[nH]c(=O)c12. The molecule has 0 fully saturated rings. The summed E-state index contributed by atoms with van der Waals surface area (Å²) in [6.45, 7) is 1.49. The summed E-state index contributed by atoms with van der Waals surface area (Å²) in [5.41, 5.74) is -0.344. The number of halogens is 1. The molecule has 2 heterocycles. The molecule has 0 saturated carbocycles. The molecule has 2 aromatic heterocycles. The zero-order valence-electron chi connectivity index (χ0n) is 8.17. The van der Waals surface area contributed by atoms with Gasteiger partial charge in [-0.2, -0.15) is 0 Å². The number of pyridine rings is 1. The first-order chi connectivity index (χ1) is 7.15. The van der Waals surface area contributed by atoms with Crippen LogP contribution < -0.4 is 10.3 Å². The van der Waals surface area contributed by atoms with E-state index in [-0.39, 0.29) is 22.5 Å². The summed E-state index contributed by atoms with van der Waals surface area (Å²) in [7, 11) is 1.37. The van der Waals surface area contributed by atoms with E-state index in [4.69, 9.17) is 4.74 Å². The van der Waals surface area contributed by atoms with Crippen LogP contribution in [0.25, 0.3) is 10.9 Å². The van der Waals surface area contributed by atoms with Crippen LogP contribution in [-0.2, 0) is 0 Å². The van der Waals surface area contributed by atoms with Gasteiger partial charge in [0, 0.05) is 0 Å². The Morgan fingerprint density at radius 1 is 1.53 bits per heavy atom. The van der Waals surface area contributed by atoms with Gasteiger partial charge in [-0.25, -0.2) is 14.4 Å². The van der Waals surface area contributed by atoms with E-state index in [1.54, 1.807) is 0 Å². The summed E-state index contributed by atoms with van der Waals surface area (Å²) in [5, 5.41) is 0.0306. The molecule has 0 radical (unpaired) electrons. The fourth-order valence-corrected chi connectivity index (χ4v) is 1.34. The van der Waals surface area contributed by atoms with Crippen LogP contribution in [0.3, 0.4) is 0 Å². The molecule has 0 aliphatic carbocycles. The number of aromatic amines is 1. The minimum atomic E-state index is -0.600. The summed E-state index contributed by atoms with van der Waals surface area (Å²) in [5.74, 6) is -0.518. The highest BCUT2D eigenvalue weighted by Crippen LogP contribution is 2.21. The maximum Gasteiger partial charge on any atom is 0.264 e. The first-order valence-electron chi connectivity index (χ1n) is 4.22. The maximum atomic E-state index is 13.6. The topological polar surface area (TPSA) is 67.9 Å². The Morgan fingerprint density at radius 2 is 2.27 bits per heavy atom. The van der Waals surface area contributed by atoms with Crippen LogP contribution in [0.2, 0.25) is 0 Å². The molecule has 2 rings (SSSR count). The lowest BCUT2D eigenvalue weighted by molar-refractivity contribution is 0.400. The molecule has 0 atom stereocenters. The Kier molecular flexibility index (Phi) is 2.11. The predicted molar refractivity (Wildman–Crippen MR) is 51.4 cm³/mol. The van der Waals surface area contributed by atoms with Crippen LogP contribution in [0.5, 0.6) is 5.88 Å². The monoisotopic (exact) mass is 209 g/mol. The van der Waals surface area contributed by atoms with Crippen LogP contribution in [0, 0.1) is 12.7 Å². The molecule has 0 spiro atoms. The number of H-pyrrole nitrogens is 1. The third kappa shape index (κ3) is 1.34. The van der Waals surface area contributed by atoms with Gasteiger partial charge in [-0.15, -0.1) is 0 Å². The molecule has 5 nitrogen and oxygen atoms in total. The Bertz CT molecular complexity index is 579. The number of aromatic nitrogens is 3. The van der Waals surface area contributed by atoms with E-state index in [1.807, 2.05) is 0 Å². The standard InChI is InChI=1S/C9H8FN3O2/c1-4-6(10)7-5(9(13-4)15-2)8(14)12-3-11-7/h3H,1-2H3,(H,11,12,14). The van der Waals surface area contributed by atoms with E-state index in [2.05, 4.69) is 15.0 Å². The Balaban J connectivity index is 3.03. The molecule has 0 bridgehead atoms. The van der Waals surface area contributed by atoms with E-state index < -0.39 is 11.4 Å². The van der Waals surface area contributed by atoms with E-state index in [0.29, 0.717) is 0 Å². The highest BCUT2D eigenvalue weighted by atomic mass is 19.1. The number of hydrogen-bond donors (Lipinski definition) is 1. The van der Waals surface area contributed by atoms with Crippen LogP contribution >= 0.6 is 0 Å². The molecule has 15 heavy (non-hydrogen) atoms. The van der Waals surface area contributed by atoms with Crippen molar-refractivity contribution in [3.63, 3.8) is 0 Å². The number of methoxy groups -OCH3 is 1. The number of nitrogens with zero attached hydrogens (tertiary/aromatic N) is 2. The lowest BCUT2D eigenvalue weighted by Crippen LogP contribution is -2.11. The highest BCUT2D eigenvalue weighted by Gasteiger charge is 2.15. The molecule has 0 amide bonds. The molecule has 2 aromatic rings. The molecule has 78 valence electrons. The largest absolute Gasteiger partial charge is 0.480 e. The van der Waals surface area contributed by atoms with Gasteiger partial charge in [-0.3, -0.25) is 4.79 Å². The van der Waals surface area contributed by atoms with Crippen molar-refractivity contribution >= 4 is 10.9 Å². The average molecular weight is 209 g/mol. The normalized spacial score (nSPS) is 10.6. The molecule has 0 aliphatic heterocycles. The summed E-state index contributed by atoms with van der Waals surface area (Å²) >= 11 is 0. The number of nitrogens with one attached hydrogen (secondary N) is 1. The second-order valence-corrected chi connectivity index (χ2v) is 2.98. The van der Waals surface area contributed by atoms with Crippen molar-refractivity contribution < 1.29 is 9.13 Å². The number of hydrogen-bond acceptors (Lipinski definition) is 4. The third-order valence-corrected chi connectivity index (χ3v) is 2.06. The first-order valence-corrected chi connectivity index (χ1v) is 4.22. The van der Waals surface area contributed by atoms with Crippen molar-refractivity contribution in [2.24, 2.45) is 0 Å². The quantitative estimate of drug-likeness (QED) is 0.753. The van der Waals surface area contributed by atoms with Crippen molar-refractivity contribution in [3.8, 4) is 5.88 Å². The highest BCUT2D eigenvalue weighted by molar-refractivity contribution is 5.83. The first kappa shape index (κ1) is 9.57. The van der Waals surface area contributed by atoms with Gasteiger partial charge in [0.25, 0.3) is 5.56 Å². The summed E-state index contributed by atoms with van der Waals surface area (Å²) in [4.78, 5) is 21.4. The van der Waals surface area contributed by atoms with Gasteiger partial charge < -0.3 is 9.72 Å². The minimum Gasteiger partial charge on any atom is -0.480 e.